The van der Waals surface area contributed by atoms with Crippen molar-refractivity contribution in [1.82, 2.24) is 10.6 Å². The molecule has 0 aromatic heterocycles. The van der Waals surface area contributed by atoms with E-state index in [-0.39, 0.29) is 23.0 Å². The Kier molecular flexibility index (Phi) is 4.88. The Morgan fingerprint density at radius 1 is 1.06 bits per heavy atom. The molecule has 100 valence electrons. The summed E-state index contributed by atoms with van der Waals surface area (Å²) < 4.78 is 0. The molecule has 2 amide bonds. The minimum absolute atomic E-state index is 0.0227. The molecule has 0 aromatic rings. The number of carbonyl (C=O) groups excluding carboxylic acids is 2. The van der Waals surface area contributed by atoms with E-state index in [0.717, 1.165) is 12.8 Å². The fourth-order valence-corrected chi connectivity index (χ4v) is 1.31. The average molecular weight is 254 g/mol. The van der Waals surface area contributed by atoms with Crippen LogP contribution in [-0.2, 0) is 14.4 Å². The van der Waals surface area contributed by atoms with E-state index in [2.05, 4.69) is 10.6 Å². The molecular formula is C12H18N2O4. The van der Waals surface area contributed by atoms with Crippen molar-refractivity contribution in [3.63, 3.8) is 0 Å². The van der Waals surface area contributed by atoms with Crippen LogP contribution in [0.25, 0.3) is 0 Å². The summed E-state index contributed by atoms with van der Waals surface area (Å²) in [6, 6.07) is 0. The van der Waals surface area contributed by atoms with E-state index in [4.69, 9.17) is 5.11 Å². The van der Waals surface area contributed by atoms with E-state index >= 15 is 0 Å². The quantitative estimate of drug-likeness (QED) is 0.461. The minimum Gasteiger partial charge on any atom is -0.478 e. The maximum atomic E-state index is 11.5. The van der Waals surface area contributed by atoms with Gasteiger partial charge in [-0.2, -0.15) is 0 Å². The third-order valence-electron chi connectivity index (χ3n) is 2.88. The molecule has 0 heterocycles. The van der Waals surface area contributed by atoms with Crippen molar-refractivity contribution in [3.05, 3.63) is 11.1 Å². The van der Waals surface area contributed by atoms with Gasteiger partial charge in [-0.1, -0.05) is 0 Å². The number of rotatable bonds is 6. The van der Waals surface area contributed by atoms with Crippen LogP contribution in [0.4, 0.5) is 0 Å². The van der Waals surface area contributed by atoms with Gasteiger partial charge in [0.05, 0.1) is 0 Å². The number of carboxylic acids is 1. The first-order valence-electron chi connectivity index (χ1n) is 5.90. The summed E-state index contributed by atoms with van der Waals surface area (Å²) in [4.78, 5) is 33.5. The lowest BCUT2D eigenvalue weighted by Gasteiger charge is -2.08. The number of hydrogen-bond acceptors (Lipinski definition) is 3. The van der Waals surface area contributed by atoms with Crippen LogP contribution >= 0.6 is 0 Å². The maximum Gasteiger partial charge on any atom is 0.331 e. The zero-order valence-electron chi connectivity index (χ0n) is 10.6. The summed E-state index contributed by atoms with van der Waals surface area (Å²) in [7, 11) is 0. The monoisotopic (exact) mass is 254 g/mol. The number of carboxylic acid groups (broad SMARTS) is 1. The van der Waals surface area contributed by atoms with Gasteiger partial charge in [0, 0.05) is 30.2 Å². The predicted molar refractivity (Wildman–Crippen MR) is 64.8 cm³/mol. The largest absolute Gasteiger partial charge is 0.478 e. The third-order valence-corrected chi connectivity index (χ3v) is 2.88. The Labute approximate surface area is 105 Å². The van der Waals surface area contributed by atoms with Crippen molar-refractivity contribution in [3.8, 4) is 0 Å². The van der Waals surface area contributed by atoms with Gasteiger partial charge < -0.3 is 15.7 Å². The lowest BCUT2D eigenvalue weighted by Crippen LogP contribution is -2.35. The van der Waals surface area contributed by atoms with E-state index in [1.165, 1.54) is 13.8 Å². The number of aliphatic carboxylic acids is 1. The van der Waals surface area contributed by atoms with E-state index < -0.39 is 11.9 Å². The van der Waals surface area contributed by atoms with Crippen LogP contribution in [0.3, 0.4) is 0 Å². The summed E-state index contributed by atoms with van der Waals surface area (Å²) in [6.07, 6.45) is 1.88. The first kappa shape index (κ1) is 14.2. The highest BCUT2D eigenvalue weighted by atomic mass is 16.4. The Balaban J connectivity index is 2.26. The van der Waals surface area contributed by atoms with Gasteiger partial charge in [-0.05, 0) is 26.7 Å². The predicted octanol–water partition coefficient (Wildman–Crippen LogP) is 0.0498. The molecule has 0 aromatic carbocycles. The summed E-state index contributed by atoms with van der Waals surface area (Å²) in [5, 5.41) is 14.0. The molecule has 18 heavy (non-hydrogen) atoms. The third kappa shape index (κ3) is 4.20. The molecule has 0 aliphatic heterocycles. The summed E-state index contributed by atoms with van der Waals surface area (Å²) in [6.45, 7) is 3.50. The number of carbonyl (C=O) groups is 3. The lowest BCUT2D eigenvalue weighted by atomic mass is 10.1. The SMILES string of the molecule is CC(C(=O)O)=C(C)C(=O)NCCNC(=O)C1CC1. The molecule has 1 saturated carbocycles. The molecule has 0 saturated heterocycles. The highest BCUT2D eigenvalue weighted by Crippen LogP contribution is 2.28. The van der Waals surface area contributed by atoms with Crippen molar-refractivity contribution >= 4 is 17.8 Å². The zero-order valence-corrected chi connectivity index (χ0v) is 10.6. The molecule has 6 nitrogen and oxygen atoms in total. The van der Waals surface area contributed by atoms with Gasteiger partial charge in [0.2, 0.25) is 11.8 Å². The van der Waals surface area contributed by atoms with Crippen molar-refractivity contribution in [2.75, 3.05) is 13.1 Å². The molecule has 1 aliphatic rings. The first-order valence-corrected chi connectivity index (χ1v) is 5.90. The lowest BCUT2D eigenvalue weighted by molar-refractivity contribution is -0.133. The van der Waals surface area contributed by atoms with Crippen LogP contribution in [0, 0.1) is 5.92 Å². The maximum absolute atomic E-state index is 11.5. The molecule has 0 unspecified atom stereocenters. The van der Waals surface area contributed by atoms with Crippen molar-refractivity contribution in [2.24, 2.45) is 5.92 Å². The van der Waals surface area contributed by atoms with Crippen LogP contribution in [-0.4, -0.2) is 36.0 Å². The summed E-state index contributed by atoms with van der Waals surface area (Å²) >= 11 is 0. The molecule has 1 rings (SSSR count). The summed E-state index contributed by atoms with van der Waals surface area (Å²) in [5.74, 6) is -1.35. The molecule has 0 bridgehead atoms. The first-order chi connectivity index (χ1) is 8.43. The Hall–Kier alpha value is -1.85. The van der Waals surface area contributed by atoms with Gasteiger partial charge >= 0.3 is 5.97 Å². The molecule has 1 fully saturated rings. The van der Waals surface area contributed by atoms with Crippen LogP contribution in [0.1, 0.15) is 26.7 Å². The fourth-order valence-electron chi connectivity index (χ4n) is 1.31. The highest BCUT2D eigenvalue weighted by Gasteiger charge is 2.28. The second kappa shape index (κ2) is 6.18. The topological polar surface area (TPSA) is 95.5 Å². The van der Waals surface area contributed by atoms with Crippen LogP contribution in [0.15, 0.2) is 11.1 Å². The second-order valence-corrected chi connectivity index (χ2v) is 4.38. The molecule has 0 spiro atoms. The van der Waals surface area contributed by atoms with Crippen molar-refractivity contribution < 1.29 is 19.5 Å². The number of amides is 2. The van der Waals surface area contributed by atoms with E-state index in [1.54, 1.807) is 0 Å². The Morgan fingerprint density at radius 2 is 1.61 bits per heavy atom. The standard InChI is InChI=1S/C12H18N2O4/c1-7(8(2)12(17)18)10(15)13-5-6-14-11(16)9-3-4-9/h9H,3-6H2,1-2H3,(H,13,15)(H,14,16)(H,17,18). The van der Waals surface area contributed by atoms with Crippen molar-refractivity contribution in [1.29, 1.82) is 0 Å². The smallest absolute Gasteiger partial charge is 0.331 e. The van der Waals surface area contributed by atoms with Gasteiger partial charge in [-0.15, -0.1) is 0 Å². The minimum atomic E-state index is -1.11. The van der Waals surface area contributed by atoms with Gasteiger partial charge in [0.25, 0.3) is 0 Å². The Bertz CT molecular complexity index is 397. The second-order valence-electron chi connectivity index (χ2n) is 4.38. The normalized spacial score (nSPS) is 15.7. The molecule has 3 N–H and O–H groups in total. The van der Waals surface area contributed by atoms with E-state index in [9.17, 15) is 14.4 Å². The molecule has 1 aliphatic carbocycles. The van der Waals surface area contributed by atoms with Crippen LogP contribution in [0.5, 0.6) is 0 Å². The van der Waals surface area contributed by atoms with Gasteiger partial charge in [-0.25, -0.2) is 4.79 Å². The summed E-state index contributed by atoms with van der Waals surface area (Å²) in [5.41, 5.74) is 0.200. The van der Waals surface area contributed by atoms with Crippen LogP contribution in [0.2, 0.25) is 0 Å². The Morgan fingerprint density at radius 3 is 2.11 bits per heavy atom. The fraction of sp³-hybridized carbons (Fsp3) is 0.583. The van der Waals surface area contributed by atoms with Gasteiger partial charge in [0.1, 0.15) is 0 Å². The van der Waals surface area contributed by atoms with Crippen molar-refractivity contribution in [2.45, 2.75) is 26.7 Å². The molecule has 6 heteroatoms. The van der Waals surface area contributed by atoms with E-state index in [1.807, 2.05) is 0 Å². The zero-order chi connectivity index (χ0) is 13.7. The molecule has 0 radical (unpaired) electrons. The van der Waals surface area contributed by atoms with E-state index in [0.29, 0.717) is 13.1 Å². The van der Waals surface area contributed by atoms with Crippen LogP contribution < -0.4 is 10.6 Å². The van der Waals surface area contributed by atoms with Gasteiger partial charge in [-0.3, -0.25) is 9.59 Å². The van der Waals surface area contributed by atoms with Gasteiger partial charge in [0.15, 0.2) is 0 Å². The molecule has 0 atom stereocenters. The average Bonchev–Trinajstić information content (AvgIpc) is 3.15. The number of nitrogens with one attached hydrogen (secondary N) is 2. The molecular weight excluding hydrogens is 236 g/mol. The number of hydrogen-bond donors (Lipinski definition) is 3. The highest BCUT2D eigenvalue weighted by molar-refractivity contribution is 6.01.